The van der Waals surface area contributed by atoms with Gasteiger partial charge in [0.1, 0.15) is 11.5 Å². The number of rotatable bonds is 6. The summed E-state index contributed by atoms with van der Waals surface area (Å²) in [6.45, 7) is 6.97. The maximum atomic E-state index is 12.7. The van der Waals surface area contributed by atoms with Crippen LogP contribution in [0, 0.1) is 5.92 Å². The molecule has 7 heteroatoms. The molecule has 0 N–H and O–H groups in total. The highest BCUT2D eigenvalue weighted by atomic mass is 16.5. The number of hydrogen-bond acceptors (Lipinski definition) is 5. The van der Waals surface area contributed by atoms with Crippen LogP contribution in [0.5, 0.6) is 11.5 Å². The minimum absolute atomic E-state index is 0.0969. The summed E-state index contributed by atoms with van der Waals surface area (Å²) in [5.74, 6) is 1.70. The average molecular weight is 375 g/mol. The van der Waals surface area contributed by atoms with Crippen LogP contribution in [0.25, 0.3) is 0 Å². The Morgan fingerprint density at radius 2 is 1.89 bits per heavy atom. The number of carbonyl (C=O) groups excluding carboxylic acids is 2. The van der Waals surface area contributed by atoms with E-state index in [1.807, 2.05) is 30.0 Å². The van der Waals surface area contributed by atoms with Gasteiger partial charge in [0.15, 0.2) is 0 Å². The molecule has 0 aliphatic carbocycles. The molecule has 2 heterocycles. The Morgan fingerprint density at radius 1 is 1.15 bits per heavy atom. The molecule has 3 rings (SSSR count). The molecule has 1 aromatic carbocycles. The first-order chi connectivity index (χ1) is 13.0. The van der Waals surface area contributed by atoms with Gasteiger partial charge in [-0.05, 0) is 25.1 Å². The predicted molar refractivity (Wildman–Crippen MR) is 102 cm³/mol. The van der Waals surface area contributed by atoms with Crippen molar-refractivity contribution < 1.29 is 19.1 Å². The third kappa shape index (κ3) is 4.35. The SMILES string of the molecule is CCN1C[C@H](C(=O)N2CCN(Cc3cc(OC)ccc3OC)CC2)CC1=O. The molecule has 0 unspecified atom stereocenters. The molecule has 2 saturated heterocycles. The standard InChI is InChI=1S/C20H29N3O4/c1-4-22-14-16(12-19(22)24)20(25)23-9-7-21(8-10-23)13-15-11-17(26-2)5-6-18(15)27-3/h5-6,11,16H,4,7-10,12-14H2,1-3H3/t16-/m1/s1. The number of benzene rings is 1. The Hall–Kier alpha value is -2.28. The summed E-state index contributed by atoms with van der Waals surface area (Å²) < 4.78 is 10.8. The van der Waals surface area contributed by atoms with Gasteiger partial charge in [-0.3, -0.25) is 14.5 Å². The summed E-state index contributed by atoms with van der Waals surface area (Å²) in [6, 6.07) is 5.81. The Kier molecular flexibility index (Phi) is 6.21. The maximum absolute atomic E-state index is 12.7. The highest BCUT2D eigenvalue weighted by molar-refractivity contribution is 5.89. The lowest BCUT2D eigenvalue weighted by atomic mass is 10.1. The molecule has 1 aromatic rings. The minimum Gasteiger partial charge on any atom is -0.497 e. The van der Waals surface area contributed by atoms with Crippen molar-refractivity contribution in [1.29, 1.82) is 0 Å². The number of amides is 2. The van der Waals surface area contributed by atoms with Gasteiger partial charge < -0.3 is 19.3 Å². The van der Waals surface area contributed by atoms with Crippen LogP contribution in [0.1, 0.15) is 18.9 Å². The lowest BCUT2D eigenvalue weighted by Gasteiger charge is -2.36. The topological polar surface area (TPSA) is 62.3 Å². The van der Waals surface area contributed by atoms with Gasteiger partial charge in [-0.25, -0.2) is 0 Å². The Bertz CT molecular complexity index is 686. The van der Waals surface area contributed by atoms with E-state index in [0.717, 1.165) is 36.7 Å². The van der Waals surface area contributed by atoms with E-state index in [1.165, 1.54) is 0 Å². The second kappa shape index (κ2) is 8.61. The zero-order valence-electron chi connectivity index (χ0n) is 16.4. The fraction of sp³-hybridized carbons (Fsp3) is 0.600. The quantitative estimate of drug-likeness (QED) is 0.748. The summed E-state index contributed by atoms with van der Waals surface area (Å²) in [4.78, 5) is 30.6. The van der Waals surface area contributed by atoms with Crippen molar-refractivity contribution in [1.82, 2.24) is 14.7 Å². The van der Waals surface area contributed by atoms with Gasteiger partial charge in [0, 0.05) is 57.8 Å². The van der Waals surface area contributed by atoms with Gasteiger partial charge in [-0.2, -0.15) is 0 Å². The third-order valence-corrected chi connectivity index (χ3v) is 5.51. The Morgan fingerprint density at radius 3 is 2.48 bits per heavy atom. The molecule has 0 aromatic heterocycles. The van der Waals surface area contributed by atoms with Gasteiger partial charge in [-0.1, -0.05) is 0 Å². The fourth-order valence-electron chi connectivity index (χ4n) is 3.87. The molecule has 27 heavy (non-hydrogen) atoms. The van der Waals surface area contributed by atoms with Gasteiger partial charge in [0.2, 0.25) is 11.8 Å². The average Bonchev–Trinajstić information content (AvgIpc) is 3.08. The molecule has 1 atom stereocenters. The first-order valence-corrected chi connectivity index (χ1v) is 9.55. The zero-order valence-corrected chi connectivity index (χ0v) is 16.4. The Labute approximate surface area is 160 Å². The molecule has 148 valence electrons. The van der Waals surface area contributed by atoms with E-state index < -0.39 is 0 Å². The number of nitrogens with zero attached hydrogens (tertiary/aromatic N) is 3. The number of methoxy groups -OCH3 is 2. The first kappa shape index (κ1) is 19.5. The molecule has 2 amide bonds. The highest BCUT2D eigenvalue weighted by Gasteiger charge is 2.36. The van der Waals surface area contributed by atoms with Crippen LogP contribution in [0.3, 0.4) is 0 Å². The number of piperazine rings is 1. The molecular formula is C20H29N3O4. The minimum atomic E-state index is -0.178. The van der Waals surface area contributed by atoms with Gasteiger partial charge in [-0.15, -0.1) is 0 Å². The van der Waals surface area contributed by atoms with Crippen LogP contribution in [0.4, 0.5) is 0 Å². The molecule has 0 spiro atoms. The van der Waals surface area contributed by atoms with Crippen LogP contribution in [-0.4, -0.2) is 80.0 Å². The molecule has 7 nitrogen and oxygen atoms in total. The lowest BCUT2D eigenvalue weighted by molar-refractivity contribution is -0.137. The maximum Gasteiger partial charge on any atom is 0.228 e. The monoisotopic (exact) mass is 375 g/mol. The van der Waals surface area contributed by atoms with E-state index in [-0.39, 0.29) is 17.7 Å². The smallest absolute Gasteiger partial charge is 0.228 e. The molecule has 0 saturated carbocycles. The second-order valence-electron chi connectivity index (χ2n) is 7.11. The number of carbonyl (C=O) groups is 2. The van der Waals surface area contributed by atoms with Crippen LogP contribution in [0.2, 0.25) is 0 Å². The second-order valence-corrected chi connectivity index (χ2v) is 7.11. The number of hydrogen-bond donors (Lipinski definition) is 0. The van der Waals surface area contributed by atoms with Gasteiger partial charge in [0.05, 0.1) is 20.1 Å². The van der Waals surface area contributed by atoms with Crippen LogP contribution in [0.15, 0.2) is 18.2 Å². The van der Waals surface area contributed by atoms with Crippen LogP contribution < -0.4 is 9.47 Å². The largest absolute Gasteiger partial charge is 0.497 e. The van der Waals surface area contributed by atoms with E-state index in [9.17, 15) is 9.59 Å². The van der Waals surface area contributed by atoms with E-state index in [1.54, 1.807) is 19.1 Å². The summed E-state index contributed by atoms with van der Waals surface area (Å²) in [5, 5.41) is 0. The number of ether oxygens (including phenoxy) is 2. The van der Waals surface area contributed by atoms with Crippen molar-refractivity contribution >= 4 is 11.8 Å². The lowest BCUT2D eigenvalue weighted by Crippen LogP contribution is -2.50. The van der Waals surface area contributed by atoms with E-state index in [4.69, 9.17) is 9.47 Å². The molecule has 2 aliphatic heterocycles. The normalized spacial score (nSPS) is 20.9. The van der Waals surface area contributed by atoms with Crippen LogP contribution >= 0.6 is 0 Å². The molecular weight excluding hydrogens is 346 g/mol. The molecule has 2 aliphatic rings. The predicted octanol–water partition coefficient (Wildman–Crippen LogP) is 1.22. The zero-order chi connectivity index (χ0) is 19.4. The van der Waals surface area contributed by atoms with Crippen molar-refractivity contribution in [3.05, 3.63) is 23.8 Å². The van der Waals surface area contributed by atoms with Crippen molar-refractivity contribution in [3.8, 4) is 11.5 Å². The van der Waals surface area contributed by atoms with Crippen molar-refractivity contribution in [3.63, 3.8) is 0 Å². The van der Waals surface area contributed by atoms with E-state index >= 15 is 0 Å². The number of likely N-dealkylation sites (tertiary alicyclic amines) is 1. The first-order valence-electron chi connectivity index (χ1n) is 9.55. The van der Waals surface area contributed by atoms with Gasteiger partial charge in [0.25, 0.3) is 0 Å². The summed E-state index contributed by atoms with van der Waals surface area (Å²) in [5.41, 5.74) is 1.08. The fourth-order valence-corrected chi connectivity index (χ4v) is 3.87. The van der Waals surface area contributed by atoms with Crippen LogP contribution in [-0.2, 0) is 16.1 Å². The Balaban J connectivity index is 1.55. The van der Waals surface area contributed by atoms with Crippen molar-refractivity contribution in [2.24, 2.45) is 5.92 Å². The summed E-state index contributed by atoms with van der Waals surface area (Å²) in [7, 11) is 3.33. The highest BCUT2D eigenvalue weighted by Crippen LogP contribution is 2.26. The molecule has 2 fully saturated rings. The van der Waals surface area contributed by atoms with Crippen molar-refractivity contribution in [2.75, 3.05) is 53.5 Å². The summed E-state index contributed by atoms with van der Waals surface area (Å²) in [6.07, 6.45) is 0.355. The molecule has 0 bridgehead atoms. The molecule has 0 radical (unpaired) electrons. The van der Waals surface area contributed by atoms with Crippen molar-refractivity contribution in [2.45, 2.75) is 19.9 Å². The van der Waals surface area contributed by atoms with Gasteiger partial charge >= 0.3 is 0 Å². The van der Waals surface area contributed by atoms with E-state index in [2.05, 4.69) is 4.90 Å². The summed E-state index contributed by atoms with van der Waals surface area (Å²) >= 11 is 0. The third-order valence-electron chi connectivity index (χ3n) is 5.51. The van der Waals surface area contributed by atoms with E-state index in [0.29, 0.717) is 32.6 Å².